The highest BCUT2D eigenvalue weighted by Crippen LogP contribution is 2.28. The van der Waals surface area contributed by atoms with Crippen LogP contribution in [0.4, 0.5) is 11.4 Å². The molecule has 1 aliphatic carbocycles. The van der Waals surface area contributed by atoms with Gasteiger partial charge in [-0.2, -0.15) is 0 Å². The molecule has 0 aromatic heterocycles. The molecule has 1 aliphatic rings. The maximum absolute atomic E-state index is 12.7. The number of nitrogens with one attached hydrogen (secondary N) is 3. The molecule has 1 saturated carbocycles. The van der Waals surface area contributed by atoms with Crippen molar-refractivity contribution in [2.75, 3.05) is 10.0 Å². The van der Waals surface area contributed by atoms with Crippen molar-refractivity contribution in [3.05, 3.63) is 47.5 Å². The van der Waals surface area contributed by atoms with Crippen LogP contribution >= 0.6 is 23.8 Å². The first kappa shape index (κ1) is 20.7. The molecule has 3 rings (SSSR count). The van der Waals surface area contributed by atoms with Gasteiger partial charge in [-0.25, -0.2) is 8.42 Å². The number of hydrogen-bond donors (Lipinski definition) is 4. The Morgan fingerprint density at radius 3 is 2.43 bits per heavy atom. The average Bonchev–Trinajstić information content (AvgIpc) is 2.66. The summed E-state index contributed by atoms with van der Waals surface area (Å²) >= 11 is 11.1. The smallest absolute Gasteiger partial charge is 0.261 e. The van der Waals surface area contributed by atoms with Gasteiger partial charge >= 0.3 is 0 Å². The molecule has 0 aliphatic heterocycles. The Hall–Kier alpha value is -2.03. The molecule has 4 N–H and O–H groups in total. The van der Waals surface area contributed by atoms with E-state index < -0.39 is 10.0 Å². The highest BCUT2D eigenvalue weighted by molar-refractivity contribution is 7.92. The topological polar surface area (TPSA) is 90.5 Å². The predicted molar refractivity (Wildman–Crippen MR) is 117 cm³/mol. The van der Waals surface area contributed by atoms with Gasteiger partial charge in [0.05, 0.1) is 10.6 Å². The molecule has 0 radical (unpaired) electrons. The number of phenolic OH excluding ortho intramolecular Hbond substituents is 1. The van der Waals surface area contributed by atoms with Crippen molar-refractivity contribution >= 4 is 50.3 Å². The number of hydrogen-bond acceptors (Lipinski definition) is 4. The van der Waals surface area contributed by atoms with E-state index in [1.165, 1.54) is 24.6 Å². The lowest BCUT2D eigenvalue weighted by molar-refractivity contribution is 0.414. The molecule has 2 aromatic carbocycles. The number of anilines is 2. The van der Waals surface area contributed by atoms with Crippen LogP contribution in [0.2, 0.25) is 5.02 Å². The summed E-state index contributed by atoms with van der Waals surface area (Å²) in [4.78, 5) is 0.00298. The van der Waals surface area contributed by atoms with E-state index in [-0.39, 0.29) is 16.3 Å². The van der Waals surface area contributed by atoms with Crippen molar-refractivity contribution in [3.63, 3.8) is 0 Å². The zero-order valence-electron chi connectivity index (χ0n) is 15.1. The summed E-state index contributed by atoms with van der Waals surface area (Å²) in [5.41, 5.74) is 0.619. The minimum atomic E-state index is -3.84. The Morgan fingerprint density at radius 1 is 1.07 bits per heavy atom. The van der Waals surface area contributed by atoms with Crippen molar-refractivity contribution in [3.8, 4) is 5.75 Å². The van der Waals surface area contributed by atoms with E-state index in [1.54, 1.807) is 24.3 Å². The second kappa shape index (κ2) is 8.98. The van der Waals surface area contributed by atoms with E-state index in [1.807, 2.05) is 0 Å². The van der Waals surface area contributed by atoms with Crippen LogP contribution in [0, 0.1) is 0 Å². The third-order valence-electron chi connectivity index (χ3n) is 4.56. The molecule has 0 bridgehead atoms. The maximum atomic E-state index is 12.7. The van der Waals surface area contributed by atoms with Crippen molar-refractivity contribution in [1.29, 1.82) is 0 Å². The van der Waals surface area contributed by atoms with E-state index in [2.05, 4.69) is 15.4 Å². The summed E-state index contributed by atoms with van der Waals surface area (Å²) in [6.07, 6.45) is 5.66. The first-order valence-corrected chi connectivity index (χ1v) is 11.3. The molecule has 0 unspecified atom stereocenters. The van der Waals surface area contributed by atoms with Gasteiger partial charge in [0.15, 0.2) is 5.11 Å². The van der Waals surface area contributed by atoms with Crippen molar-refractivity contribution in [2.45, 2.75) is 43.0 Å². The van der Waals surface area contributed by atoms with Crippen LogP contribution in [0.15, 0.2) is 47.4 Å². The van der Waals surface area contributed by atoms with Crippen LogP contribution in [0.1, 0.15) is 32.1 Å². The summed E-state index contributed by atoms with van der Waals surface area (Å²) < 4.78 is 27.8. The van der Waals surface area contributed by atoms with Crippen molar-refractivity contribution < 1.29 is 13.5 Å². The van der Waals surface area contributed by atoms with Crippen LogP contribution in [-0.4, -0.2) is 24.7 Å². The lowest BCUT2D eigenvalue weighted by Gasteiger charge is -2.24. The Bertz CT molecular complexity index is 943. The number of thiocarbonyl (C=S) groups is 1. The second-order valence-electron chi connectivity index (χ2n) is 6.72. The zero-order chi connectivity index (χ0) is 20.1. The van der Waals surface area contributed by atoms with E-state index in [4.69, 9.17) is 23.8 Å². The SMILES string of the molecule is O=S(=O)(Nc1ccc(Cl)cc1)c1ccc(O)c(NC(=S)NC2CCCCC2)c1. The van der Waals surface area contributed by atoms with Crippen LogP contribution < -0.4 is 15.4 Å². The van der Waals surface area contributed by atoms with E-state index in [9.17, 15) is 13.5 Å². The van der Waals surface area contributed by atoms with Crippen LogP contribution in [0.25, 0.3) is 0 Å². The van der Waals surface area contributed by atoms with Gasteiger partial charge in [0.1, 0.15) is 5.75 Å². The molecule has 6 nitrogen and oxygen atoms in total. The summed E-state index contributed by atoms with van der Waals surface area (Å²) in [5, 5.41) is 17.1. The van der Waals surface area contributed by atoms with Gasteiger partial charge in [-0.1, -0.05) is 30.9 Å². The highest BCUT2D eigenvalue weighted by Gasteiger charge is 2.18. The minimum Gasteiger partial charge on any atom is -0.506 e. The Balaban J connectivity index is 1.72. The van der Waals surface area contributed by atoms with Crippen LogP contribution in [-0.2, 0) is 10.0 Å². The quantitative estimate of drug-likeness (QED) is 0.406. The molecule has 0 atom stereocenters. The Kier molecular flexibility index (Phi) is 6.64. The number of sulfonamides is 1. The lowest BCUT2D eigenvalue weighted by Crippen LogP contribution is -2.38. The van der Waals surface area contributed by atoms with Gasteiger partial charge < -0.3 is 15.7 Å². The molecule has 0 heterocycles. The largest absolute Gasteiger partial charge is 0.506 e. The molecule has 0 spiro atoms. The molecule has 28 heavy (non-hydrogen) atoms. The van der Waals surface area contributed by atoms with E-state index >= 15 is 0 Å². The molecule has 0 amide bonds. The van der Waals surface area contributed by atoms with Crippen LogP contribution in [0.5, 0.6) is 5.75 Å². The highest BCUT2D eigenvalue weighted by atomic mass is 35.5. The van der Waals surface area contributed by atoms with Crippen LogP contribution in [0.3, 0.4) is 0 Å². The summed E-state index contributed by atoms with van der Waals surface area (Å²) in [5.74, 6) is -0.0850. The first-order valence-electron chi connectivity index (χ1n) is 9.02. The number of aromatic hydroxyl groups is 1. The third kappa shape index (κ3) is 5.50. The first-order chi connectivity index (χ1) is 13.3. The molecular weight excluding hydrogens is 418 g/mol. The fourth-order valence-electron chi connectivity index (χ4n) is 3.11. The van der Waals surface area contributed by atoms with Gasteiger partial charge in [-0.15, -0.1) is 0 Å². The second-order valence-corrected chi connectivity index (χ2v) is 9.25. The van der Waals surface area contributed by atoms with Gasteiger partial charge in [-0.05, 0) is 67.5 Å². The summed E-state index contributed by atoms with van der Waals surface area (Å²) in [6, 6.07) is 10.6. The monoisotopic (exact) mass is 439 g/mol. The zero-order valence-corrected chi connectivity index (χ0v) is 17.5. The standard InChI is InChI=1S/C19H22ClN3O3S2/c20-13-6-8-15(9-7-13)23-28(25,26)16-10-11-18(24)17(12-16)22-19(27)21-14-4-2-1-3-5-14/h6-12,14,23-24H,1-5H2,(H2,21,22,27). The maximum Gasteiger partial charge on any atom is 0.261 e. The van der Waals surface area contributed by atoms with E-state index in [0.717, 1.165) is 25.7 Å². The number of rotatable bonds is 5. The average molecular weight is 440 g/mol. The molecular formula is C19H22ClN3O3S2. The molecule has 1 fully saturated rings. The minimum absolute atomic E-state index is 0.00298. The predicted octanol–water partition coefficient (Wildman–Crippen LogP) is 4.47. The van der Waals surface area contributed by atoms with Gasteiger partial charge in [-0.3, -0.25) is 4.72 Å². The fraction of sp³-hybridized carbons (Fsp3) is 0.316. The fourth-order valence-corrected chi connectivity index (χ4v) is 4.59. The molecule has 0 saturated heterocycles. The van der Waals surface area contributed by atoms with Crippen molar-refractivity contribution in [1.82, 2.24) is 5.32 Å². The van der Waals surface area contributed by atoms with E-state index in [0.29, 0.717) is 21.9 Å². The normalized spacial score (nSPS) is 15.0. The van der Waals surface area contributed by atoms with Gasteiger partial charge in [0, 0.05) is 16.8 Å². The van der Waals surface area contributed by atoms with Gasteiger partial charge in [0.2, 0.25) is 0 Å². The summed E-state index contributed by atoms with van der Waals surface area (Å²) in [7, 11) is -3.84. The molecule has 2 aromatic rings. The number of benzene rings is 2. The Labute approximate surface area is 175 Å². The summed E-state index contributed by atoms with van der Waals surface area (Å²) in [6.45, 7) is 0. The van der Waals surface area contributed by atoms with Gasteiger partial charge in [0.25, 0.3) is 10.0 Å². The molecule has 9 heteroatoms. The van der Waals surface area contributed by atoms with Crippen molar-refractivity contribution in [2.24, 2.45) is 0 Å². The number of halogens is 1. The third-order valence-corrected chi connectivity index (χ3v) is 6.41. The lowest BCUT2D eigenvalue weighted by atomic mass is 9.96. The number of phenols is 1. The Morgan fingerprint density at radius 2 is 1.75 bits per heavy atom. The molecule has 150 valence electrons.